The molecule has 4 rings (SSSR count). The van der Waals surface area contributed by atoms with Crippen molar-refractivity contribution in [2.24, 2.45) is 10.2 Å². The molecule has 2 aliphatic rings. The van der Waals surface area contributed by atoms with Crippen LogP contribution in [0.5, 0.6) is 0 Å². The van der Waals surface area contributed by atoms with Crippen LogP contribution in [0.2, 0.25) is 0 Å². The van der Waals surface area contributed by atoms with Crippen molar-refractivity contribution in [3.63, 3.8) is 0 Å². The molecule has 0 atom stereocenters. The average molecular weight is 434 g/mol. The summed E-state index contributed by atoms with van der Waals surface area (Å²) >= 11 is 0. The summed E-state index contributed by atoms with van der Waals surface area (Å²) in [6.45, 7) is 0. The Hall–Kier alpha value is -3.82. The molecule has 0 saturated carbocycles. The number of azo groups is 1. The van der Waals surface area contributed by atoms with Gasteiger partial charge in [0.15, 0.2) is 0 Å². The first-order chi connectivity index (χ1) is 14.9. The highest BCUT2D eigenvalue weighted by Crippen LogP contribution is 2.38. The molecular formula is C22H18N4O4S. The molecule has 1 amide bonds. The maximum atomic E-state index is 13.2. The second kappa shape index (κ2) is 8.13. The Morgan fingerprint density at radius 1 is 1.10 bits per heavy atom. The van der Waals surface area contributed by atoms with E-state index in [0.29, 0.717) is 22.6 Å². The predicted octanol–water partition coefficient (Wildman–Crippen LogP) is 3.98. The Morgan fingerprint density at radius 2 is 1.90 bits per heavy atom. The van der Waals surface area contributed by atoms with Crippen molar-refractivity contribution in [1.29, 1.82) is 0 Å². The topological polar surface area (TPSA) is 111 Å². The van der Waals surface area contributed by atoms with Crippen LogP contribution in [0.3, 0.4) is 0 Å². The van der Waals surface area contributed by atoms with E-state index in [9.17, 15) is 18.4 Å². The Kier molecular flexibility index (Phi) is 5.37. The predicted molar refractivity (Wildman–Crippen MR) is 114 cm³/mol. The summed E-state index contributed by atoms with van der Waals surface area (Å²) in [4.78, 5) is 12.1. The lowest BCUT2D eigenvalue weighted by molar-refractivity contribution is -0.000196. The fraction of sp³-hybridized carbons (Fsp3) is 0.0455. The summed E-state index contributed by atoms with van der Waals surface area (Å²) in [5.74, 6) is -0.484. The van der Waals surface area contributed by atoms with Crippen LogP contribution >= 0.6 is 0 Å². The Bertz CT molecular complexity index is 1320. The summed E-state index contributed by atoms with van der Waals surface area (Å²) < 4.78 is 26.4. The molecule has 2 aliphatic heterocycles. The number of nitrogens with zero attached hydrogens (tertiary/aromatic N) is 3. The number of benzene rings is 2. The average Bonchev–Trinajstić information content (AvgIpc) is 3.20. The number of fused-ring (bicyclic) bond motifs is 1. The molecule has 8 nitrogen and oxygen atoms in total. The molecule has 0 bridgehead atoms. The minimum absolute atomic E-state index is 0.0167. The van der Waals surface area contributed by atoms with Gasteiger partial charge in [-0.25, -0.2) is 13.5 Å². The number of hydrogen-bond donors (Lipinski definition) is 2. The fourth-order valence-electron chi connectivity index (χ4n) is 3.16. The number of rotatable bonds is 4. The highest BCUT2D eigenvalue weighted by atomic mass is 32.2. The van der Waals surface area contributed by atoms with Crippen molar-refractivity contribution in [2.75, 3.05) is 7.05 Å². The standard InChI is InChI=1S/C22H18N4O4S/c1-23-22(27)18-7-2-3-8-21(18)31(29,30)16-10-11-17-19(24-25-20(17)14-16)12-9-15-6-4-5-13-26(15)28/h2-14,28H,1H3,(H,23,27). The third-order valence-electron chi connectivity index (χ3n) is 4.75. The maximum absolute atomic E-state index is 13.2. The van der Waals surface area contributed by atoms with Crippen LogP contribution in [-0.2, 0) is 9.84 Å². The molecule has 156 valence electrons. The lowest BCUT2D eigenvalue weighted by atomic mass is 10.1. The van der Waals surface area contributed by atoms with E-state index in [0.717, 1.165) is 5.06 Å². The Balaban J connectivity index is 1.69. The molecule has 0 aliphatic carbocycles. The van der Waals surface area contributed by atoms with Crippen LogP contribution in [0.25, 0.3) is 5.70 Å². The second-order valence-corrected chi connectivity index (χ2v) is 8.56. The molecule has 2 aromatic rings. The molecule has 0 saturated heterocycles. The zero-order valence-electron chi connectivity index (χ0n) is 16.4. The Morgan fingerprint density at radius 3 is 2.68 bits per heavy atom. The zero-order valence-corrected chi connectivity index (χ0v) is 17.2. The molecule has 0 fully saturated rings. The first-order valence-electron chi connectivity index (χ1n) is 9.29. The molecule has 9 heteroatoms. The van der Waals surface area contributed by atoms with Gasteiger partial charge < -0.3 is 5.32 Å². The molecular weight excluding hydrogens is 416 g/mol. The van der Waals surface area contributed by atoms with Gasteiger partial charge in [0.05, 0.1) is 32.4 Å². The van der Waals surface area contributed by atoms with Gasteiger partial charge in [0.1, 0.15) is 0 Å². The van der Waals surface area contributed by atoms with Crippen molar-refractivity contribution in [1.82, 2.24) is 10.4 Å². The van der Waals surface area contributed by atoms with Gasteiger partial charge in [-0.3, -0.25) is 10.0 Å². The third kappa shape index (κ3) is 3.83. The zero-order chi connectivity index (χ0) is 22.0. The van der Waals surface area contributed by atoms with E-state index in [2.05, 4.69) is 15.5 Å². The van der Waals surface area contributed by atoms with Gasteiger partial charge in [-0.05, 0) is 54.6 Å². The molecule has 0 spiro atoms. The molecule has 31 heavy (non-hydrogen) atoms. The van der Waals surface area contributed by atoms with Crippen molar-refractivity contribution in [3.8, 4) is 0 Å². The van der Waals surface area contributed by atoms with Gasteiger partial charge in [-0.2, -0.15) is 0 Å². The van der Waals surface area contributed by atoms with Crippen LogP contribution in [0.4, 0.5) is 5.69 Å². The molecule has 0 aromatic heterocycles. The van der Waals surface area contributed by atoms with E-state index in [-0.39, 0.29) is 15.4 Å². The smallest absolute Gasteiger partial charge is 0.252 e. The summed E-state index contributed by atoms with van der Waals surface area (Å²) in [5, 5.41) is 21.4. The van der Waals surface area contributed by atoms with E-state index in [4.69, 9.17) is 0 Å². The minimum atomic E-state index is -3.95. The van der Waals surface area contributed by atoms with Crippen molar-refractivity contribution in [2.45, 2.75) is 9.79 Å². The minimum Gasteiger partial charge on any atom is -0.355 e. The van der Waals surface area contributed by atoms with Crippen molar-refractivity contribution >= 4 is 27.1 Å². The maximum Gasteiger partial charge on any atom is 0.252 e. The normalized spacial score (nSPS) is 17.4. The molecule has 2 N–H and O–H groups in total. The van der Waals surface area contributed by atoms with Gasteiger partial charge >= 0.3 is 0 Å². The van der Waals surface area contributed by atoms with Gasteiger partial charge in [-0.15, -0.1) is 10.2 Å². The lowest BCUT2D eigenvalue weighted by Crippen LogP contribution is -2.21. The van der Waals surface area contributed by atoms with Crippen LogP contribution < -0.4 is 5.32 Å². The van der Waals surface area contributed by atoms with Gasteiger partial charge in [0, 0.05) is 18.8 Å². The fourth-order valence-corrected chi connectivity index (χ4v) is 4.63. The Labute approximate surface area is 179 Å². The van der Waals surface area contributed by atoms with E-state index < -0.39 is 15.7 Å². The number of amides is 1. The van der Waals surface area contributed by atoms with Crippen LogP contribution in [0.15, 0.2) is 105 Å². The van der Waals surface area contributed by atoms with Crippen molar-refractivity contribution in [3.05, 3.63) is 95.9 Å². The second-order valence-electron chi connectivity index (χ2n) is 6.65. The number of allylic oxidation sites excluding steroid dienone is 5. The first-order valence-corrected chi connectivity index (χ1v) is 10.8. The van der Waals surface area contributed by atoms with Crippen LogP contribution in [-0.4, -0.2) is 31.6 Å². The molecule has 2 aromatic carbocycles. The number of nitrogens with one attached hydrogen (secondary N) is 1. The molecule has 0 unspecified atom stereocenters. The van der Waals surface area contributed by atoms with Gasteiger partial charge in [0.2, 0.25) is 9.84 Å². The lowest BCUT2D eigenvalue weighted by Gasteiger charge is -2.14. The van der Waals surface area contributed by atoms with Crippen LogP contribution in [0, 0.1) is 0 Å². The van der Waals surface area contributed by atoms with E-state index in [1.165, 1.54) is 37.5 Å². The first kappa shape index (κ1) is 20.5. The van der Waals surface area contributed by atoms with E-state index in [1.54, 1.807) is 48.6 Å². The highest BCUT2D eigenvalue weighted by Gasteiger charge is 2.26. The molecule has 0 radical (unpaired) electrons. The largest absolute Gasteiger partial charge is 0.355 e. The summed E-state index contributed by atoms with van der Waals surface area (Å²) in [6.07, 6.45) is 10.1. The summed E-state index contributed by atoms with van der Waals surface area (Å²) in [7, 11) is -2.51. The number of carbonyl (C=O) groups excluding carboxylic acids is 1. The molecule has 2 heterocycles. The number of sulfone groups is 1. The summed E-state index contributed by atoms with van der Waals surface area (Å²) in [6, 6.07) is 10.6. The third-order valence-corrected chi connectivity index (χ3v) is 6.56. The number of hydrogen-bond acceptors (Lipinski definition) is 7. The SMILES string of the molecule is CNC(=O)c1ccccc1S(=O)(=O)c1ccc2c(c1)N=NC2=CC=C1C=CC=CN1O. The van der Waals surface area contributed by atoms with Crippen LogP contribution in [0.1, 0.15) is 15.9 Å². The number of hydroxylamine groups is 2. The van der Waals surface area contributed by atoms with E-state index >= 15 is 0 Å². The van der Waals surface area contributed by atoms with Gasteiger partial charge in [-0.1, -0.05) is 18.2 Å². The van der Waals surface area contributed by atoms with Crippen molar-refractivity contribution < 1.29 is 18.4 Å². The van der Waals surface area contributed by atoms with E-state index in [1.807, 2.05) is 0 Å². The number of carbonyl (C=O) groups is 1. The monoisotopic (exact) mass is 434 g/mol. The highest BCUT2D eigenvalue weighted by molar-refractivity contribution is 7.91. The quantitative estimate of drug-likeness (QED) is 0.756. The summed E-state index contributed by atoms with van der Waals surface area (Å²) in [5.41, 5.74) is 2.22. The van der Waals surface area contributed by atoms with Gasteiger partial charge in [0.25, 0.3) is 5.91 Å².